The monoisotopic (exact) mass is 403 g/mol. The van der Waals surface area contributed by atoms with Crippen LogP contribution in [0.5, 0.6) is 0 Å². The van der Waals surface area contributed by atoms with E-state index in [4.69, 9.17) is 0 Å². The number of aryl methyl sites for hydroxylation is 2. The van der Waals surface area contributed by atoms with Crippen LogP contribution in [0.15, 0.2) is 60.8 Å². The van der Waals surface area contributed by atoms with Crippen LogP contribution in [0.1, 0.15) is 69.9 Å². The van der Waals surface area contributed by atoms with E-state index in [1.807, 2.05) is 42.6 Å². The number of rotatable bonds is 11. The Morgan fingerprint density at radius 3 is 2.00 bits per heavy atom. The first-order valence-corrected chi connectivity index (χ1v) is 11.6. The molecular formula is C28H34FN. The van der Waals surface area contributed by atoms with Crippen molar-refractivity contribution in [3.8, 4) is 22.4 Å². The zero-order valence-corrected chi connectivity index (χ0v) is 18.5. The molecule has 0 N–H and O–H groups in total. The number of halogens is 1. The summed E-state index contributed by atoms with van der Waals surface area (Å²) in [6, 6.07) is 18.0. The number of hydrogen-bond acceptors (Lipinski definition) is 1. The Bertz CT molecular complexity index is 897. The van der Waals surface area contributed by atoms with E-state index in [0.717, 1.165) is 48.1 Å². The summed E-state index contributed by atoms with van der Waals surface area (Å²) in [6.45, 7) is 4.40. The molecule has 0 radical (unpaired) electrons. The molecule has 0 unspecified atom stereocenters. The van der Waals surface area contributed by atoms with Gasteiger partial charge in [-0.15, -0.1) is 0 Å². The molecule has 0 atom stereocenters. The van der Waals surface area contributed by atoms with Gasteiger partial charge in [0, 0.05) is 17.3 Å². The number of unbranched alkanes of at least 4 members (excludes halogenated alkanes) is 5. The van der Waals surface area contributed by atoms with Gasteiger partial charge in [0.05, 0.1) is 5.69 Å². The van der Waals surface area contributed by atoms with E-state index in [2.05, 4.69) is 31.0 Å². The second-order valence-corrected chi connectivity index (χ2v) is 8.21. The summed E-state index contributed by atoms with van der Waals surface area (Å²) in [7, 11) is 0. The summed E-state index contributed by atoms with van der Waals surface area (Å²) in [4.78, 5) is 4.65. The van der Waals surface area contributed by atoms with Crippen molar-refractivity contribution in [2.24, 2.45) is 0 Å². The fraction of sp³-hybridized carbons (Fsp3) is 0.393. The van der Waals surface area contributed by atoms with Gasteiger partial charge in [0.15, 0.2) is 0 Å². The molecule has 2 aromatic carbocycles. The molecule has 30 heavy (non-hydrogen) atoms. The highest BCUT2D eigenvalue weighted by Crippen LogP contribution is 2.27. The quantitative estimate of drug-likeness (QED) is 0.293. The molecule has 1 aromatic heterocycles. The standard InChI is InChI=1S/C28H34FN/c1-3-5-7-8-9-11-23-13-19-28(30-21-23)25-16-14-24(15-17-25)26-18-12-22(10-6-4-2)20-27(26)29/h12-21H,3-11H2,1-2H3. The molecule has 1 heterocycles. The third-order valence-corrected chi connectivity index (χ3v) is 5.74. The molecular weight excluding hydrogens is 369 g/mol. The summed E-state index contributed by atoms with van der Waals surface area (Å²) in [6.07, 6.45) is 12.7. The Kier molecular flexibility index (Phi) is 8.62. The number of nitrogens with zero attached hydrogens (tertiary/aromatic N) is 1. The predicted octanol–water partition coefficient (Wildman–Crippen LogP) is 8.41. The lowest BCUT2D eigenvalue weighted by molar-refractivity contribution is 0.627. The average molecular weight is 404 g/mol. The van der Waals surface area contributed by atoms with Crippen molar-refractivity contribution in [2.75, 3.05) is 0 Å². The van der Waals surface area contributed by atoms with Crippen LogP contribution in [0.3, 0.4) is 0 Å². The fourth-order valence-corrected chi connectivity index (χ4v) is 3.83. The van der Waals surface area contributed by atoms with Gasteiger partial charge in [0.2, 0.25) is 0 Å². The summed E-state index contributed by atoms with van der Waals surface area (Å²) >= 11 is 0. The van der Waals surface area contributed by atoms with E-state index in [-0.39, 0.29) is 5.82 Å². The van der Waals surface area contributed by atoms with E-state index < -0.39 is 0 Å². The molecule has 0 spiro atoms. The highest BCUT2D eigenvalue weighted by Gasteiger charge is 2.07. The van der Waals surface area contributed by atoms with Gasteiger partial charge < -0.3 is 0 Å². The molecule has 0 aliphatic rings. The van der Waals surface area contributed by atoms with Crippen LogP contribution in [0.25, 0.3) is 22.4 Å². The summed E-state index contributed by atoms with van der Waals surface area (Å²) in [5.41, 5.74) is 5.97. The number of benzene rings is 2. The second kappa shape index (κ2) is 11.6. The molecule has 0 fully saturated rings. The lowest BCUT2D eigenvalue weighted by Gasteiger charge is -2.08. The minimum atomic E-state index is -0.141. The Labute approximate surface area is 181 Å². The van der Waals surface area contributed by atoms with Gasteiger partial charge in [-0.1, -0.05) is 88.4 Å². The van der Waals surface area contributed by atoms with Crippen LogP contribution < -0.4 is 0 Å². The lowest BCUT2D eigenvalue weighted by atomic mass is 9.99. The van der Waals surface area contributed by atoms with E-state index in [0.29, 0.717) is 5.56 Å². The molecule has 0 bridgehead atoms. The van der Waals surface area contributed by atoms with Gasteiger partial charge in [-0.2, -0.15) is 0 Å². The molecule has 158 valence electrons. The Morgan fingerprint density at radius 2 is 1.33 bits per heavy atom. The maximum Gasteiger partial charge on any atom is 0.131 e. The van der Waals surface area contributed by atoms with E-state index >= 15 is 0 Å². The molecule has 3 aromatic rings. The van der Waals surface area contributed by atoms with Gasteiger partial charge >= 0.3 is 0 Å². The van der Waals surface area contributed by atoms with Gasteiger partial charge in [0.1, 0.15) is 5.82 Å². The van der Waals surface area contributed by atoms with Crippen LogP contribution in [-0.2, 0) is 12.8 Å². The molecule has 3 rings (SSSR count). The van der Waals surface area contributed by atoms with Crippen LogP contribution in [0.4, 0.5) is 4.39 Å². The molecule has 0 amide bonds. The van der Waals surface area contributed by atoms with Crippen molar-refractivity contribution in [2.45, 2.75) is 71.6 Å². The summed E-state index contributed by atoms with van der Waals surface area (Å²) < 4.78 is 14.6. The van der Waals surface area contributed by atoms with Crippen LogP contribution >= 0.6 is 0 Å². The second-order valence-electron chi connectivity index (χ2n) is 8.21. The fourth-order valence-electron chi connectivity index (χ4n) is 3.83. The van der Waals surface area contributed by atoms with E-state index in [9.17, 15) is 4.39 Å². The van der Waals surface area contributed by atoms with Crippen molar-refractivity contribution >= 4 is 0 Å². The van der Waals surface area contributed by atoms with E-state index in [1.54, 1.807) is 6.07 Å². The largest absolute Gasteiger partial charge is 0.256 e. The van der Waals surface area contributed by atoms with Crippen molar-refractivity contribution < 1.29 is 4.39 Å². The zero-order valence-electron chi connectivity index (χ0n) is 18.5. The minimum Gasteiger partial charge on any atom is -0.256 e. The highest BCUT2D eigenvalue weighted by molar-refractivity contribution is 5.69. The van der Waals surface area contributed by atoms with Gasteiger partial charge in [-0.3, -0.25) is 4.98 Å². The molecule has 0 saturated heterocycles. The topological polar surface area (TPSA) is 12.9 Å². The molecule has 0 aliphatic heterocycles. The number of hydrogen-bond donors (Lipinski definition) is 0. The Morgan fingerprint density at radius 1 is 0.667 bits per heavy atom. The molecule has 0 aliphatic carbocycles. The third kappa shape index (κ3) is 6.26. The normalized spacial score (nSPS) is 11.0. The van der Waals surface area contributed by atoms with Gasteiger partial charge in [-0.05, 0) is 54.5 Å². The van der Waals surface area contributed by atoms with Crippen LogP contribution in [-0.4, -0.2) is 4.98 Å². The first kappa shape index (κ1) is 22.2. The van der Waals surface area contributed by atoms with Crippen molar-refractivity contribution in [3.05, 3.63) is 77.7 Å². The minimum absolute atomic E-state index is 0.141. The zero-order chi connectivity index (χ0) is 21.2. The van der Waals surface area contributed by atoms with E-state index in [1.165, 1.54) is 37.7 Å². The van der Waals surface area contributed by atoms with Crippen LogP contribution in [0, 0.1) is 5.82 Å². The predicted molar refractivity (Wildman–Crippen MR) is 126 cm³/mol. The summed E-state index contributed by atoms with van der Waals surface area (Å²) in [5, 5.41) is 0. The first-order chi connectivity index (χ1) is 14.7. The van der Waals surface area contributed by atoms with Crippen molar-refractivity contribution in [1.29, 1.82) is 0 Å². The van der Waals surface area contributed by atoms with Crippen molar-refractivity contribution in [3.63, 3.8) is 0 Å². The summed E-state index contributed by atoms with van der Waals surface area (Å²) in [5.74, 6) is -0.141. The smallest absolute Gasteiger partial charge is 0.131 e. The SMILES string of the molecule is CCCCCCCc1ccc(-c2ccc(-c3ccc(CCCC)cc3F)cc2)nc1. The number of pyridine rings is 1. The molecule has 0 saturated carbocycles. The molecule has 2 heteroatoms. The van der Waals surface area contributed by atoms with Gasteiger partial charge in [0.25, 0.3) is 0 Å². The first-order valence-electron chi connectivity index (χ1n) is 11.6. The number of aromatic nitrogens is 1. The third-order valence-electron chi connectivity index (χ3n) is 5.74. The lowest BCUT2D eigenvalue weighted by Crippen LogP contribution is -1.91. The average Bonchev–Trinajstić information content (AvgIpc) is 2.78. The molecule has 1 nitrogen and oxygen atoms in total. The maximum atomic E-state index is 14.6. The van der Waals surface area contributed by atoms with Gasteiger partial charge in [-0.25, -0.2) is 4.39 Å². The Balaban J connectivity index is 1.63. The van der Waals surface area contributed by atoms with Crippen LogP contribution in [0.2, 0.25) is 0 Å². The van der Waals surface area contributed by atoms with Crippen molar-refractivity contribution in [1.82, 2.24) is 4.98 Å². The highest BCUT2D eigenvalue weighted by atomic mass is 19.1. The Hall–Kier alpha value is -2.48. The maximum absolute atomic E-state index is 14.6.